The molecule has 0 saturated heterocycles. The summed E-state index contributed by atoms with van der Waals surface area (Å²) < 4.78 is 10.6. The van der Waals surface area contributed by atoms with Crippen molar-refractivity contribution >= 4 is 5.97 Å². The monoisotopic (exact) mass is 267 g/mol. The highest BCUT2D eigenvalue weighted by atomic mass is 16.5. The van der Waals surface area contributed by atoms with Crippen LogP contribution < -0.4 is 9.47 Å². The molecular weight excluding hydrogens is 246 g/mol. The summed E-state index contributed by atoms with van der Waals surface area (Å²) in [5.74, 6) is 0.313. The maximum Gasteiger partial charge on any atom is 0.324 e. The Labute approximate surface area is 113 Å². The van der Waals surface area contributed by atoms with E-state index in [0.29, 0.717) is 17.9 Å². The zero-order valence-electron chi connectivity index (χ0n) is 12.1. The summed E-state index contributed by atoms with van der Waals surface area (Å²) in [5.41, 5.74) is -0.194. The number of rotatable bonds is 6. The molecule has 0 amide bonds. The van der Waals surface area contributed by atoms with Gasteiger partial charge in [0, 0.05) is 12.0 Å². The fraction of sp³-hybridized carbons (Fsp3) is 0.500. The highest BCUT2D eigenvalue weighted by Gasteiger charge is 2.36. The largest absolute Gasteiger partial charge is 0.493 e. The number of carbonyl (C=O) groups is 1. The number of hydrogen-bond donors (Lipinski definition) is 1. The average Bonchev–Trinajstić information content (AvgIpc) is 2.37. The molecule has 0 spiro atoms. The van der Waals surface area contributed by atoms with Gasteiger partial charge in [0.05, 0.1) is 14.2 Å². The van der Waals surface area contributed by atoms with Crippen LogP contribution in [-0.2, 0) is 11.2 Å². The number of likely N-dealkylation sites (N-methyl/N-ethyl adjacent to an activating group) is 1. The third kappa shape index (κ3) is 2.98. The molecule has 1 unspecified atom stereocenters. The lowest BCUT2D eigenvalue weighted by molar-refractivity contribution is -0.148. The van der Waals surface area contributed by atoms with Gasteiger partial charge in [-0.15, -0.1) is 0 Å². The zero-order valence-corrected chi connectivity index (χ0v) is 12.1. The maximum atomic E-state index is 11.5. The summed E-state index contributed by atoms with van der Waals surface area (Å²) in [6.07, 6.45) is 0.329. The number of ether oxygens (including phenoxy) is 2. The molecule has 1 N–H and O–H groups in total. The Hall–Kier alpha value is -1.75. The summed E-state index contributed by atoms with van der Waals surface area (Å²) >= 11 is 0. The van der Waals surface area contributed by atoms with Crippen LogP contribution in [0.4, 0.5) is 0 Å². The third-order valence-corrected chi connectivity index (χ3v) is 3.47. The predicted molar refractivity (Wildman–Crippen MR) is 73.0 cm³/mol. The first-order valence-electron chi connectivity index (χ1n) is 5.97. The molecule has 106 valence electrons. The molecule has 0 fully saturated rings. The van der Waals surface area contributed by atoms with E-state index in [0.717, 1.165) is 5.56 Å². The smallest absolute Gasteiger partial charge is 0.324 e. The van der Waals surface area contributed by atoms with Crippen molar-refractivity contribution in [1.29, 1.82) is 0 Å². The molecule has 5 heteroatoms. The molecule has 0 radical (unpaired) electrons. The van der Waals surface area contributed by atoms with Crippen molar-refractivity contribution in [2.75, 3.05) is 28.3 Å². The summed E-state index contributed by atoms with van der Waals surface area (Å²) in [6.45, 7) is 1.69. The Balaban J connectivity index is 3.21. The van der Waals surface area contributed by atoms with E-state index in [9.17, 15) is 9.90 Å². The van der Waals surface area contributed by atoms with Crippen LogP contribution in [0.2, 0.25) is 0 Å². The minimum absolute atomic E-state index is 0.329. The van der Waals surface area contributed by atoms with Crippen molar-refractivity contribution < 1.29 is 19.4 Å². The zero-order chi connectivity index (χ0) is 14.6. The molecule has 1 atom stereocenters. The fourth-order valence-electron chi connectivity index (χ4n) is 1.89. The van der Waals surface area contributed by atoms with Gasteiger partial charge < -0.3 is 14.6 Å². The van der Waals surface area contributed by atoms with Gasteiger partial charge in [-0.2, -0.15) is 0 Å². The molecule has 0 aliphatic heterocycles. The molecule has 19 heavy (non-hydrogen) atoms. The van der Waals surface area contributed by atoms with Crippen molar-refractivity contribution in [2.24, 2.45) is 0 Å². The second-order valence-corrected chi connectivity index (χ2v) is 4.80. The number of carboxylic acid groups (broad SMARTS) is 1. The van der Waals surface area contributed by atoms with Crippen LogP contribution in [0, 0.1) is 0 Å². The van der Waals surface area contributed by atoms with Crippen LogP contribution in [0.5, 0.6) is 11.5 Å². The van der Waals surface area contributed by atoms with Gasteiger partial charge in [-0.3, -0.25) is 9.69 Å². The van der Waals surface area contributed by atoms with Crippen LogP contribution in [0.15, 0.2) is 18.2 Å². The van der Waals surface area contributed by atoms with Crippen molar-refractivity contribution in [1.82, 2.24) is 4.90 Å². The normalized spacial score (nSPS) is 14.0. The molecule has 1 rings (SSSR count). The SMILES string of the molecule is COc1cccc(CC(C)(C(=O)O)N(C)C)c1OC. The van der Waals surface area contributed by atoms with Crippen LogP contribution in [0.25, 0.3) is 0 Å². The quantitative estimate of drug-likeness (QED) is 0.849. The first-order valence-corrected chi connectivity index (χ1v) is 5.97. The van der Waals surface area contributed by atoms with E-state index in [-0.39, 0.29) is 0 Å². The van der Waals surface area contributed by atoms with Crippen molar-refractivity contribution in [3.05, 3.63) is 23.8 Å². The number of methoxy groups -OCH3 is 2. The highest BCUT2D eigenvalue weighted by Crippen LogP contribution is 2.33. The Morgan fingerprint density at radius 3 is 2.37 bits per heavy atom. The van der Waals surface area contributed by atoms with Gasteiger partial charge in [0.15, 0.2) is 11.5 Å². The van der Waals surface area contributed by atoms with E-state index in [1.807, 2.05) is 12.1 Å². The fourth-order valence-corrected chi connectivity index (χ4v) is 1.89. The second kappa shape index (κ2) is 5.93. The highest BCUT2D eigenvalue weighted by molar-refractivity contribution is 5.79. The molecule has 5 nitrogen and oxygen atoms in total. The molecule has 0 heterocycles. The van der Waals surface area contributed by atoms with E-state index in [4.69, 9.17) is 9.47 Å². The number of para-hydroxylation sites is 1. The lowest BCUT2D eigenvalue weighted by Gasteiger charge is -2.32. The average molecular weight is 267 g/mol. The minimum Gasteiger partial charge on any atom is -0.493 e. The van der Waals surface area contributed by atoms with Crippen LogP contribution >= 0.6 is 0 Å². The van der Waals surface area contributed by atoms with Gasteiger partial charge in [0.25, 0.3) is 0 Å². The van der Waals surface area contributed by atoms with Crippen molar-refractivity contribution in [3.63, 3.8) is 0 Å². The van der Waals surface area contributed by atoms with E-state index in [1.165, 1.54) is 0 Å². The molecule has 0 saturated carbocycles. The first-order chi connectivity index (χ1) is 8.86. The number of benzene rings is 1. The summed E-state index contributed by atoms with van der Waals surface area (Å²) in [5, 5.41) is 9.44. The van der Waals surface area contributed by atoms with Gasteiger partial charge >= 0.3 is 5.97 Å². The molecule has 0 bridgehead atoms. The van der Waals surface area contributed by atoms with E-state index < -0.39 is 11.5 Å². The van der Waals surface area contributed by atoms with Crippen LogP contribution in [0.3, 0.4) is 0 Å². The Bertz CT molecular complexity index is 459. The number of hydrogen-bond acceptors (Lipinski definition) is 4. The van der Waals surface area contributed by atoms with Gasteiger partial charge in [-0.1, -0.05) is 12.1 Å². The summed E-state index contributed by atoms with van der Waals surface area (Å²) in [6, 6.07) is 5.47. The number of nitrogens with zero attached hydrogens (tertiary/aromatic N) is 1. The lowest BCUT2D eigenvalue weighted by Crippen LogP contribution is -2.50. The maximum absolute atomic E-state index is 11.5. The van der Waals surface area contributed by atoms with Gasteiger partial charge in [-0.25, -0.2) is 0 Å². The molecule has 0 aliphatic rings. The summed E-state index contributed by atoms with van der Waals surface area (Å²) in [7, 11) is 6.61. The van der Waals surface area contributed by atoms with Gasteiger partial charge in [-0.05, 0) is 27.1 Å². The van der Waals surface area contributed by atoms with Crippen molar-refractivity contribution in [2.45, 2.75) is 18.9 Å². The second-order valence-electron chi connectivity index (χ2n) is 4.80. The Morgan fingerprint density at radius 2 is 1.95 bits per heavy atom. The lowest BCUT2D eigenvalue weighted by atomic mass is 9.91. The van der Waals surface area contributed by atoms with E-state index in [2.05, 4.69) is 0 Å². The molecule has 0 aromatic heterocycles. The third-order valence-electron chi connectivity index (χ3n) is 3.47. The van der Waals surface area contributed by atoms with Crippen molar-refractivity contribution in [3.8, 4) is 11.5 Å². The Kier molecular flexibility index (Phi) is 4.78. The van der Waals surface area contributed by atoms with Gasteiger partial charge in [0.1, 0.15) is 5.54 Å². The molecule has 1 aromatic rings. The minimum atomic E-state index is -1.00. The topological polar surface area (TPSA) is 59.0 Å². The summed E-state index contributed by atoms with van der Waals surface area (Å²) in [4.78, 5) is 13.2. The predicted octanol–water partition coefficient (Wildman–Crippen LogP) is 1.65. The molecule has 0 aliphatic carbocycles. The molecular formula is C14H21NO4. The van der Waals surface area contributed by atoms with Gasteiger partial charge in [0.2, 0.25) is 0 Å². The standard InChI is InChI=1S/C14H21NO4/c1-14(13(16)17,15(2)3)9-10-7-6-8-11(18-4)12(10)19-5/h6-8H,9H2,1-5H3,(H,16,17). The van der Waals surface area contributed by atoms with E-state index >= 15 is 0 Å². The van der Waals surface area contributed by atoms with Crippen LogP contribution in [0.1, 0.15) is 12.5 Å². The first kappa shape index (κ1) is 15.3. The Morgan fingerprint density at radius 1 is 1.32 bits per heavy atom. The molecule has 1 aromatic carbocycles. The van der Waals surface area contributed by atoms with Crippen LogP contribution in [-0.4, -0.2) is 49.8 Å². The van der Waals surface area contributed by atoms with E-state index in [1.54, 1.807) is 46.2 Å². The number of carboxylic acids is 1. The number of aliphatic carboxylic acids is 1.